The second-order valence-corrected chi connectivity index (χ2v) is 22.7. The van der Waals surface area contributed by atoms with Crippen LogP contribution in [0.25, 0.3) is 10.4 Å². The van der Waals surface area contributed by atoms with Gasteiger partial charge in [0.15, 0.2) is 5.11 Å². The maximum atomic E-state index is 14.2. The Morgan fingerprint density at radius 2 is 1.58 bits per heavy atom. The van der Waals surface area contributed by atoms with Gasteiger partial charge in [-0.2, -0.15) is 18.4 Å². The summed E-state index contributed by atoms with van der Waals surface area (Å²) in [5, 5.41) is 26.0. The fraction of sp³-hybridized carbons (Fsp3) is 0.414. The number of thiazole rings is 1. The highest BCUT2D eigenvalue weighted by Gasteiger charge is 2.51. The summed E-state index contributed by atoms with van der Waals surface area (Å²) in [5.41, 5.74) is 2.98. The third kappa shape index (κ3) is 12.7. The molecule has 3 aliphatic heterocycles. The Morgan fingerprint density at radius 1 is 0.910 bits per heavy atom. The molecule has 0 radical (unpaired) electrons. The van der Waals surface area contributed by atoms with Gasteiger partial charge in [-0.25, -0.2) is 9.97 Å². The molecule has 2 aromatic heterocycles. The number of piperazine rings is 1. The molecule has 0 unspecified atom stereocenters. The molecule has 0 saturated carbocycles. The number of nitrogens with zero attached hydrogens (tertiary/aromatic N) is 8. The van der Waals surface area contributed by atoms with Gasteiger partial charge >= 0.3 is 6.18 Å². The number of anilines is 3. The number of β-amino-alcohol motifs (C(OH)–C–C–N with tert-alkyl or cyclic N) is 1. The van der Waals surface area contributed by atoms with Crippen LogP contribution in [0.3, 0.4) is 0 Å². The molecule has 4 amide bonds. The summed E-state index contributed by atoms with van der Waals surface area (Å²) in [7, 11) is 0. The van der Waals surface area contributed by atoms with Gasteiger partial charge in [-0.05, 0) is 130 Å². The molecule has 0 spiro atoms. The number of alkyl halides is 3. The molecule has 0 bridgehead atoms. The zero-order valence-corrected chi connectivity index (χ0v) is 46.3. The number of thiocarbonyl (C=S) groups is 1. The van der Waals surface area contributed by atoms with Crippen molar-refractivity contribution in [1.82, 2.24) is 30.4 Å². The summed E-state index contributed by atoms with van der Waals surface area (Å²) in [4.78, 5) is 73.7. The highest BCUT2D eigenvalue weighted by molar-refractivity contribution is 7.81. The van der Waals surface area contributed by atoms with E-state index < -0.39 is 58.3 Å². The van der Waals surface area contributed by atoms with Crippen LogP contribution in [0.4, 0.5) is 30.4 Å². The molecule has 3 aromatic carbocycles. The number of likely N-dealkylation sites (tertiary alicyclic amines) is 1. The molecule has 5 heterocycles. The van der Waals surface area contributed by atoms with Crippen LogP contribution >= 0.6 is 23.6 Å². The van der Waals surface area contributed by atoms with Crippen LogP contribution in [-0.2, 0) is 25.4 Å². The van der Waals surface area contributed by atoms with Crippen LogP contribution in [0.1, 0.15) is 107 Å². The quantitative estimate of drug-likeness (QED) is 0.0551. The van der Waals surface area contributed by atoms with Gasteiger partial charge in [-0.1, -0.05) is 56.9 Å². The summed E-state index contributed by atoms with van der Waals surface area (Å²) >= 11 is 7.24. The molecular weight excluding hydrogens is 1040 g/mol. The standard InChI is InChI=1S/C58H63F3N10O5S2/c1-36(40-16-18-41(19-17-40)50-37(2)64-35-78-50)65-52(74)47-31-45(72)34-69(47)53(75)51(56(3,4)5)66-49(73)10-8-9-25-67-26-28-68(29-27-67)48-24-15-39(33-63-48)12-11-38-13-21-43(22-14-38)71-55(77)70(54(76)57(71,6)7)44-23-20-42(32-62)46(30-44)58(59,60)61/h13-24,30,33,35-36,45,47,51,72H,8-10,25-29,31,34H2,1-7H3,(H,65,74)(H,66,73)/t36-,45+,47-,51+/m0/s1. The number of aliphatic hydroxyl groups is 1. The average Bonchev–Trinajstić information content (AvgIpc) is 4.20. The van der Waals surface area contributed by atoms with Gasteiger partial charge in [0.2, 0.25) is 17.7 Å². The van der Waals surface area contributed by atoms with E-state index in [1.54, 1.807) is 66.6 Å². The Labute approximate surface area is 462 Å². The van der Waals surface area contributed by atoms with Crippen LogP contribution in [0.5, 0.6) is 0 Å². The number of benzene rings is 3. The van der Waals surface area contributed by atoms with E-state index in [2.05, 4.69) is 42.2 Å². The lowest BCUT2D eigenvalue weighted by atomic mass is 9.85. The van der Waals surface area contributed by atoms with Crippen molar-refractivity contribution in [3.63, 3.8) is 0 Å². The minimum Gasteiger partial charge on any atom is -0.391 e. The van der Waals surface area contributed by atoms with Crippen molar-refractivity contribution >= 4 is 69.5 Å². The molecule has 3 N–H and O–H groups in total. The molecule has 5 aromatic rings. The summed E-state index contributed by atoms with van der Waals surface area (Å²) in [6.07, 6.45) is -2.19. The molecule has 78 heavy (non-hydrogen) atoms. The summed E-state index contributed by atoms with van der Waals surface area (Å²) < 4.78 is 41.4. The lowest BCUT2D eigenvalue weighted by Gasteiger charge is -2.36. The molecule has 3 fully saturated rings. The zero-order valence-electron chi connectivity index (χ0n) is 44.6. The first kappa shape index (κ1) is 57.0. The number of carbonyl (C=O) groups is 4. The summed E-state index contributed by atoms with van der Waals surface area (Å²) in [6.45, 7) is 16.8. The highest BCUT2D eigenvalue weighted by Crippen LogP contribution is 2.40. The molecule has 0 aliphatic carbocycles. The zero-order chi connectivity index (χ0) is 56.3. The van der Waals surface area contributed by atoms with Crippen LogP contribution in [-0.4, -0.2) is 117 Å². The second kappa shape index (κ2) is 23.4. The van der Waals surface area contributed by atoms with Gasteiger partial charge in [0.05, 0.1) is 51.1 Å². The largest absolute Gasteiger partial charge is 0.417 e. The molecule has 15 nitrogen and oxygen atoms in total. The third-order valence-corrected chi connectivity index (χ3v) is 15.8. The number of unbranched alkanes of at least 4 members (excludes halogenated alkanes) is 1. The number of hydrogen-bond acceptors (Lipinski definition) is 12. The van der Waals surface area contributed by atoms with E-state index in [9.17, 15) is 42.7 Å². The second-order valence-electron chi connectivity index (χ2n) is 21.5. The Kier molecular flexibility index (Phi) is 17.1. The first-order valence-electron chi connectivity index (χ1n) is 25.9. The SMILES string of the molecule is Cc1ncsc1-c1ccc([C@H](C)NC(=O)[C@@H]2C[C@@H](O)CN2C(=O)[C@@H](NC(=O)CCCCN2CCN(c3ccc(C#Cc4ccc(N5C(=S)N(c6ccc(C#N)c(C(F)(F)F)c6)C(=O)C5(C)C)cc4)cn3)CC2)C(C)(C)C)cc1. The summed E-state index contributed by atoms with van der Waals surface area (Å²) in [6, 6.07) is 21.3. The van der Waals surface area contributed by atoms with Crippen molar-refractivity contribution in [3.8, 4) is 28.4 Å². The molecular formula is C58H63F3N10O5S2. The van der Waals surface area contributed by atoms with E-state index >= 15 is 0 Å². The van der Waals surface area contributed by atoms with E-state index in [1.165, 1.54) is 11.0 Å². The Balaban J connectivity index is 0.774. The van der Waals surface area contributed by atoms with Crippen LogP contribution in [0.15, 0.2) is 90.6 Å². The Bertz CT molecular complexity index is 3150. The van der Waals surface area contributed by atoms with Crippen molar-refractivity contribution < 1.29 is 37.5 Å². The van der Waals surface area contributed by atoms with Gasteiger partial charge < -0.3 is 30.4 Å². The fourth-order valence-electron chi connectivity index (χ4n) is 10.0. The molecule has 4 atom stereocenters. The normalized spacial score (nSPS) is 18.5. The number of amides is 4. The molecule has 408 valence electrons. The number of halogens is 3. The van der Waals surface area contributed by atoms with Crippen molar-refractivity contribution in [3.05, 3.63) is 124 Å². The van der Waals surface area contributed by atoms with Gasteiger partial charge in [-0.3, -0.25) is 29.0 Å². The lowest BCUT2D eigenvalue weighted by Crippen LogP contribution is -2.57. The van der Waals surface area contributed by atoms with Gasteiger partial charge in [0.25, 0.3) is 5.91 Å². The number of pyridine rings is 1. The number of carbonyl (C=O) groups excluding carboxylic acids is 4. The minimum absolute atomic E-state index is 0.00146. The monoisotopic (exact) mass is 1100 g/mol. The number of hydrogen-bond donors (Lipinski definition) is 3. The van der Waals surface area contributed by atoms with Crippen LogP contribution < -0.4 is 25.3 Å². The van der Waals surface area contributed by atoms with Gasteiger partial charge in [-0.15, -0.1) is 11.3 Å². The molecule has 8 rings (SSSR count). The van der Waals surface area contributed by atoms with Crippen LogP contribution in [0, 0.1) is 35.5 Å². The number of aromatic nitrogens is 2. The van der Waals surface area contributed by atoms with E-state index in [0.717, 1.165) is 83.7 Å². The van der Waals surface area contributed by atoms with Crippen molar-refractivity contribution in [1.29, 1.82) is 5.26 Å². The Hall–Kier alpha value is -7.23. The maximum absolute atomic E-state index is 14.2. The Morgan fingerprint density at radius 3 is 2.19 bits per heavy atom. The first-order valence-corrected chi connectivity index (χ1v) is 27.2. The van der Waals surface area contributed by atoms with Crippen molar-refractivity contribution in [2.24, 2.45) is 5.41 Å². The average molecular weight is 1100 g/mol. The molecule has 20 heteroatoms. The predicted octanol–water partition coefficient (Wildman–Crippen LogP) is 8.38. The summed E-state index contributed by atoms with van der Waals surface area (Å²) in [5.74, 6) is 5.60. The predicted molar refractivity (Wildman–Crippen MR) is 298 cm³/mol. The van der Waals surface area contributed by atoms with E-state index in [1.807, 2.05) is 76.5 Å². The van der Waals surface area contributed by atoms with E-state index in [-0.39, 0.29) is 48.0 Å². The van der Waals surface area contributed by atoms with E-state index in [0.29, 0.717) is 23.2 Å². The number of nitrogens with one attached hydrogen (secondary N) is 2. The first-order chi connectivity index (χ1) is 36.9. The van der Waals surface area contributed by atoms with E-state index in [4.69, 9.17) is 12.2 Å². The molecule has 3 saturated heterocycles. The van der Waals surface area contributed by atoms with Gasteiger partial charge in [0.1, 0.15) is 23.4 Å². The number of aliphatic hydroxyl groups excluding tert-OH is 1. The van der Waals surface area contributed by atoms with Crippen LogP contribution in [0.2, 0.25) is 0 Å². The lowest BCUT2D eigenvalue weighted by molar-refractivity contribution is -0.144. The molecule has 3 aliphatic rings. The van der Waals surface area contributed by atoms with Crippen molar-refractivity contribution in [2.75, 3.05) is 54.0 Å². The smallest absolute Gasteiger partial charge is 0.391 e. The topological polar surface area (TPSA) is 178 Å². The van der Waals surface area contributed by atoms with Crippen molar-refractivity contribution in [2.45, 2.75) is 110 Å². The number of rotatable bonds is 14. The third-order valence-electron chi connectivity index (χ3n) is 14.5. The fourth-order valence-corrected chi connectivity index (χ4v) is 11.3. The highest BCUT2D eigenvalue weighted by atomic mass is 32.1. The minimum atomic E-state index is -4.80. The van der Waals surface area contributed by atoms with Gasteiger partial charge in [0, 0.05) is 68.6 Å². The number of nitriles is 1. The number of aryl methyl sites for hydroxylation is 1. The maximum Gasteiger partial charge on any atom is 0.417 e.